The summed E-state index contributed by atoms with van der Waals surface area (Å²) in [4.78, 5) is 14.9. The van der Waals surface area contributed by atoms with Gasteiger partial charge in [0, 0.05) is 40.0 Å². The lowest BCUT2D eigenvalue weighted by molar-refractivity contribution is -0.384. The molecule has 0 radical (unpaired) electrons. The number of allylic oxidation sites excluding steroid dienone is 1. The van der Waals surface area contributed by atoms with Crippen LogP contribution in [-0.2, 0) is 0 Å². The second-order valence-corrected chi connectivity index (χ2v) is 6.46. The van der Waals surface area contributed by atoms with E-state index in [2.05, 4.69) is 16.4 Å². The Morgan fingerprint density at radius 2 is 2.08 bits per heavy atom. The number of aromatic nitrogens is 1. The third kappa shape index (κ3) is 4.06. The van der Waals surface area contributed by atoms with Crippen molar-refractivity contribution in [2.24, 2.45) is 0 Å². The number of nitriles is 1. The highest BCUT2D eigenvalue weighted by Gasteiger charge is 2.12. The van der Waals surface area contributed by atoms with Crippen LogP contribution < -0.4 is 5.32 Å². The smallest absolute Gasteiger partial charge is 0.270 e. The minimum Gasteiger partial charge on any atom is -0.360 e. The molecule has 0 aliphatic carbocycles. The number of hydrogen-bond acceptors (Lipinski definition) is 6. The molecule has 3 rings (SSSR count). The summed E-state index contributed by atoms with van der Waals surface area (Å²) in [5.74, 6) is 0. The molecule has 1 heterocycles. The molecular weight excluding hydrogens is 372 g/mol. The van der Waals surface area contributed by atoms with Crippen LogP contribution in [0.4, 0.5) is 11.4 Å². The van der Waals surface area contributed by atoms with Crippen molar-refractivity contribution in [2.75, 3.05) is 5.32 Å². The summed E-state index contributed by atoms with van der Waals surface area (Å²) < 4.78 is 0. The highest BCUT2D eigenvalue weighted by molar-refractivity contribution is 7.11. The number of nitrogens with one attached hydrogen (secondary N) is 1. The molecule has 0 aliphatic heterocycles. The van der Waals surface area contributed by atoms with Crippen molar-refractivity contribution >= 4 is 39.9 Å². The van der Waals surface area contributed by atoms with Gasteiger partial charge in [0.25, 0.3) is 5.69 Å². The molecule has 0 spiro atoms. The standard InChI is InChI=1S/C18H11ClN4O2S/c19-14-4-6-15(7-5-14)21-10-13(9-20)18-22-17(11-26-18)12-2-1-3-16(8-12)23(24)25/h1-8,10-11,21H. The molecule has 0 amide bonds. The Balaban J connectivity index is 1.84. The Kier molecular flexibility index (Phi) is 5.27. The summed E-state index contributed by atoms with van der Waals surface area (Å²) >= 11 is 7.14. The number of nitrogens with zero attached hydrogens (tertiary/aromatic N) is 3. The summed E-state index contributed by atoms with van der Waals surface area (Å²) in [6.45, 7) is 0. The number of halogens is 1. The van der Waals surface area contributed by atoms with Gasteiger partial charge in [-0.1, -0.05) is 23.7 Å². The minimum atomic E-state index is -0.451. The Morgan fingerprint density at radius 3 is 2.77 bits per heavy atom. The highest BCUT2D eigenvalue weighted by atomic mass is 35.5. The van der Waals surface area contributed by atoms with E-state index in [1.807, 2.05) is 0 Å². The summed E-state index contributed by atoms with van der Waals surface area (Å²) in [5, 5.41) is 26.2. The zero-order valence-corrected chi connectivity index (χ0v) is 14.8. The van der Waals surface area contributed by atoms with E-state index in [1.54, 1.807) is 48.0 Å². The van der Waals surface area contributed by atoms with E-state index in [0.29, 0.717) is 26.9 Å². The maximum absolute atomic E-state index is 10.9. The van der Waals surface area contributed by atoms with Crippen LogP contribution in [0, 0.1) is 21.4 Å². The quantitative estimate of drug-likeness (QED) is 0.365. The molecule has 8 heteroatoms. The lowest BCUT2D eigenvalue weighted by Crippen LogP contribution is -1.91. The van der Waals surface area contributed by atoms with Crippen molar-refractivity contribution in [3.05, 3.63) is 80.3 Å². The predicted octanol–water partition coefficient (Wildman–Crippen LogP) is 5.35. The summed E-state index contributed by atoms with van der Waals surface area (Å²) in [7, 11) is 0. The van der Waals surface area contributed by atoms with E-state index in [9.17, 15) is 15.4 Å². The Morgan fingerprint density at radius 1 is 1.31 bits per heavy atom. The van der Waals surface area contributed by atoms with Crippen LogP contribution in [0.5, 0.6) is 0 Å². The van der Waals surface area contributed by atoms with Gasteiger partial charge in [0.1, 0.15) is 16.6 Å². The molecule has 0 atom stereocenters. The van der Waals surface area contributed by atoms with Crippen molar-refractivity contribution in [3.63, 3.8) is 0 Å². The second kappa shape index (κ2) is 7.78. The average Bonchev–Trinajstić information content (AvgIpc) is 3.14. The third-order valence-electron chi connectivity index (χ3n) is 3.44. The van der Waals surface area contributed by atoms with Crippen molar-refractivity contribution in [3.8, 4) is 17.3 Å². The fraction of sp³-hybridized carbons (Fsp3) is 0. The number of hydrogen-bond donors (Lipinski definition) is 1. The van der Waals surface area contributed by atoms with E-state index in [0.717, 1.165) is 5.69 Å². The molecule has 3 aromatic rings. The molecule has 128 valence electrons. The Hall–Kier alpha value is -3.21. The first-order valence-electron chi connectivity index (χ1n) is 7.40. The number of non-ortho nitro benzene ring substituents is 1. The number of thiazole rings is 1. The van der Waals surface area contributed by atoms with Gasteiger partial charge in [0.15, 0.2) is 0 Å². The molecule has 0 bridgehead atoms. The maximum atomic E-state index is 10.9. The molecule has 0 fully saturated rings. The van der Waals surface area contributed by atoms with Crippen molar-refractivity contribution in [1.82, 2.24) is 4.98 Å². The van der Waals surface area contributed by atoms with Crippen molar-refractivity contribution in [1.29, 1.82) is 5.26 Å². The zero-order valence-electron chi connectivity index (χ0n) is 13.2. The summed E-state index contributed by atoms with van der Waals surface area (Å²) in [6, 6.07) is 15.4. The topological polar surface area (TPSA) is 91.8 Å². The molecule has 0 saturated heterocycles. The second-order valence-electron chi connectivity index (χ2n) is 5.17. The molecule has 26 heavy (non-hydrogen) atoms. The van der Waals surface area contributed by atoms with E-state index in [4.69, 9.17) is 11.6 Å². The number of benzene rings is 2. The first kappa shape index (κ1) is 17.6. The monoisotopic (exact) mass is 382 g/mol. The molecule has 2 aromatic carbocycles. The van der Waals surface area contributed by atoms with E-state index >= 15 is 0 Å². The third-order valence-corrected chi connectivity index (χ3v) is 4.56. The molecule has 0 aliphatic rings. The van der Waals surface area contributed by atoms with Crippen LogP contribution in [-0.4, -0.2) is 9.91 Å². The largest absolute Gasteiger partial charge is 0.360 e. The fourth-order valence-electron chi connectivity index (χ4n) is 2.15. The van der Waals surface area contributed by atoms with Gasteiger partial charge >= 0.3 is 0 Å². The van der Waals surface area contributed by atoms with Crippen LogP contribution >= 0.6 is 22.9 Å². The van der Waals surface area contributed by atoms with Gasteiger partial charge in [-0.05, 0) is 24.3 Å². The van der Waals surface area contributed by atoms with E-state index < -0.39 is 4.92 Å². The van der Waals surface area contributed by atoms with Crippen LogP contribution in [0.2, 0.25) is 5.02 Å². The van der Waals surface area contributed by atoms with Gasteiger partial charge in [-0.2, -0.15) is 5.26 Å². The van der Waals surface area contributed by atoms with Crippen molar-refractivity contribution in [2.45, 2.75) is 0 Å². The minimum absolute atomic E-state index is 0.00231. The van der Waals surface area contributed by atoms with Crippen molar-refractivity contribution < 1.29 is 4.92 Å². The summed E-state index contributed by atoms with van der Waals surface area (Å²) in [6.07, 6.45) is 1.57. The summed E-state index contributed by atoms with van der Waals surface area (Å²) in [5.41, 5.74) is 2.36. The zero-order chi connectivity index (χ0) is 18.5. The normalized spacial score (nSPS) is 11.0. The molecule has 0 unspecified atom stereocenters. The number of nitro groups is 1. The van der Waals surface area contributed by atoms with Crippen LogP contribution in [0.1, 0.15) is 5.01 Å². The number of anilines is 1. The van der Waals surface area contributed by atoms with Crippen LogP contribution in [0.3, 0.4) is 0 Å². The van der Waals surface area contributed by atoms with Gasteiger partial charge in [0.2, 0.25) is 0 Å². The van der Waals surface area contributed by atoms with Crippen LogP contribution in [0.15, 0.2) is 60.1 Å². The van der Waals surface area contributed by atoms with Gasteiger partial charge in [-0.15, -0.1) is 11.3 Å². The maximum Gasteiger partial charge on any atom is 0.270 e. The SMILES string of the molecule is N#CC(=CNc1ccc(Cl)cc1)c1nc(-c2cccc([N+](=O)[O-])c2)cs1. The molecule has 0 saturated carbocycles. The van der Waals surface area contributed by atoms with Crippen LogP contribution in [0.25, 0.3) is 16.8 Å². The molecule has 6 nitrogen and oxygen atoms in total. The van der Waals surface area contributed by atoms with Gasteiger partial charge in [0.05, 0.1) is 10.6 Å². The number of rotatable bonds is 5. The predicted molar refractivity (Wildman–Crippen MR) is 103 cm³/mol. The van der Waals surface area contributed by atoms with Gasteiger partial charge in [-0.25, -0.2) is 4.98 Å². The van der Waals surface area contributed by atoms with Gasteiger partial charge < -0.3 is 5.32 Å². The first-order chi connectivity index (χ1) is 12.6. The highest BCUT2D eigenvalue weighted by Crippen LogP contribution is 2.28. The lowest BCUT2D eigenvalue weighted by atomic mass is 10.1. The average molecular weight is 383 g/mol. The molecular formula is C18H11ClN4O2S. The Bertz CT molecular complexity index is 1020. The number of nitro benzene ring substituents is 1. The van der Waals surface area contributed by atoms with E-state index in [-0.39, 0.29) is 5.69 Å². The fourth-order valence-corrected chi connectivity index (χ4v) is 3.07. The Labute approximate surface area is 158 Å². The molecule has 1 aromatic heterocycles. The van der Waals surface area contributed by atoms with Gasteiger partial charge in [-0.3, -0.25) is 10.1 Å². The first-order valence-corrected chi connectivity index (χ1v) is 8.65. The van der Waals surface area contributed by atoms with E-state index in [1.165, 1.54) is 23.5 Å². The molecule has 1 N–H and O–H groups in total. The lowest BCUT2D eigenvalue weighted by Gasteiger charge is -2.01.